The molecule has 2 heterocycles. The number of hydrogen-bond donors (Lipinski definition) is 0. The molecule has 4 aromatic rings. The fourth-order valence-corrected chi connectivity index (χ4v) is 5.06. The normalized spacial score (nSPS) is 18.1. The van der Waals surface area contributed by atoms with E-state index < -0.39 is 0 Å². The van der Waals surface area contributed by atoms with Crippen LogP contribution in [0.5, 0.6) is 0 Å². The summed E-state index contributed by atoms with van der Waals surface area (Å²) in [6.45, 7) is 4.29. The van der Waals surface area contributed by atoms with Gasteiger partial charge in [0.1, 0.15) is 0 Å². The fraction of sp³-hybridized carbons (Fsp3) is 0.120. The van der Waals surface area contributed by atoms with Crippen LogP contribution in [0.15, 0.2) is 73.1 Å². The van der Waals surface area contributed by atoms with Crippen LogP contribution in [0.25, 0.3) is 22.5 Å². The lowest BCUT2D eigenvalue weighted by atomic mass is 9.70. The number of nitrogens with zero attached hydrogens (tertiary/aromatic N) is 2. The molecule has 6 rings (SSSR count). The number of pyridine rings is 2. The van der Waals surface area contributed by atoms with Crippen LogP contribution in [0.2, 0.25) is 0 Å². The van der Waals surface area contributed by atoms with Crippen LogP contribution in [-0.2, 0) is 5.41 Å². The summed E-state index contributed by atoms with van der Waals surface area (Å²) in [4.78, 5) is 9.58. The van der Waals surface area contributed by atoms with Crippen molar-refractivity contribution in [2.24, 2.45) is 0 Å². The molecule has 128 valence electrons. The Balaban J connectivity index is 1.88. The van der Waals surface area contributed by atoms with Gasteiger partial charge >= 0.3 is 0 Å². The third-order valence-electron chi connectivity index (χ3n) is 6.06. The van der Waals surface area contributed by atoms with Gasteiger partial charge in [0.05, 0.1) is 16.8 Å². The van der Waals surface area contributed by atoms with Gasteiger partial charge in [-0.25, -0.2) is 0 Å². The zero-order valence-corrected chi connectivity index (χ0v) is 15.3. The van der Waals surface area contributed by atoms with Crippen molar-refractivity contribution >= 4 is 0 Å². The average molecular weight is 346 g/mol. The molecule has 2 aliphatic rings. The molecule has 2 aliphatic carbocycles. The molecule has 0 amide bonds. The molecule has 0 saturated heterocycles. The van der Waals surface area contributed by atoms with E-state index in [9.17, 15) is 0 Å². The van der Waals surface area contributed by atoms with E-state index in [1.807, 2.05) is 12.4 Å². The van der Waals surface area contributed by atoms with E-state index in [1.165, 1.54) is 44.5 Å². The predicted octanol–water partition coefficient (Wildman–Crippen LogP) is 5.44. The summed E-state index contributed by atoms with van der Waals surface area (Å²) in [5, 5.41) is 0. The lowest BCUT2D eigenvalue weighted by molar-refractivity contribution is 0.787. The van der Waals surface area contributed by atoms with Crippen molar-refractivity contribution < 1.29 is 0 Å². The monoisotopic (exact) mass is 346 g/mol. The number of rotatable bonds is 0. The first kappa shape index (κ1) is 14.9. The van der Waals surface area contributed by atoms with E-state index in [4.69, 9.17) is 9.97 Å². The Labute approximate surface area is 158 Å². The van der Waals surface area contributed by atoms with Gasteiger partial charge in [-0.15, -0.1) is 0 Å². The van der Waals surface area contributed by atoms with Crippen molar-refractivity contribution in [1.29, 1.82) is 0 Å². The molecule has 2 aromatic carbocycles. The number of benzene rings is 2. The second-order valence-corrected chi connectivity index (χ2v) is 7.65. The van der Waals surface area contributed by atoms with Gasteiger partial charge in [-0.1, -0.05) is 60.2 Å². The summed E-state index contributed by atoms with van der Waals surface area (Å²) in [5.41, 5.74) is 12.0. The highest BCUT2D eigenvalue weighted by Crippen LogP contribution is 2.61. The van der Waals surface area contributed by atoms with Gasteiger partial charge < -0.3 is 0 Å². The van der Waals surface area contributed by atoms with Crippen molar-refractivity contribution in [1.82, 2.24) is 9.97 Å². The Hall–Kier alpha value is -3.26. The molecule has 0 aliphatic heterocycles. The molecule has 0 N–H and O–H groups in total. The molecule has 2 heteroatoms. The fourth-order valence-electron chi connectivity index (χ4n) is 5.06. The first-order chi connectivity index (χ1) is 13.2. The molecule has 2 aromatic heterocycles. The Morgan fingerprint density at radius 2 is 1.37 bits per heavy atom. The Morgan fingerprint density at radius 1 is 0.630 bits per heavy atom. The van der Waals surface area contributed by atoms with Crippen molar-refractivity contribution in [2.45, 2.75) is 19.3 Å². The SMILES string of the molecule is Cc1ccc2c(c1)C1(c3ccccc3-2)c2cccnc2-c2ncc(C)cc21. The van der Waals surface area contributed by atoms with Crippen LogP contribution in [0.3, 0.4) is 0 Å². The Kier molecular flexibility index (Phi) is 2.71. The molecule has 1 unspecified atom stereocenters. The molecular weight excluding hydrogens is 328 g/mol. The van der Waals surface area contributed by atoms with Crippen molar-refractivity contribution in [2.75, 3.05) is 0 Å². The Bertz CT molecular complexity index is 1150. The average Bonchev–Trinajstić information content (AvgIpc) is 3.14. The summed E-state index contributed by atoms with van der Waals surface area (Å²) in [6.07, 6.45) is 3.83. The first-order valence-electron chi connectivity index (χ1n) is 9.35. The molecule has 0 saturated carbocycles. The highest BCUT2D eigenvalue weighted by Gasteiger charge is 2.52. The molecular formula is C25H18N2. The second-order valence-electron chi connectivity index (χ2n) is 7.65. The minimum atomic E-state index is -0.324. The summed E-state index contributed by atoms with van der Waals surface area (Å²) < 4.78 is 0. The first-order valence-corrected chi connectivity index (χ1v) is 9.35. The molecule has 1 atom stereocenters. The van der Waals surface area contributed by atoms with Gasteiger partial charge in [0.2, 0.25) is 0 Å². The van der Waals surface area contributed by atoms with Gasteiger partial charge in [0.15, 0.2) is 0 Å². The van der Waals surface area contributed by atoms with Crippen LogP contribution in [0, 0.1) is 13.8 Å². The lowest BCUT2D eigenvalue weighted by Gasteiger charge is -2.30. The molecule has 2 nitrogen and oxygen atoms in total. The van der Waals surface area contributed by atoms with Crippen LogP contribution in [0.4, 0.5) is 0 Å². The summed E-state index contributed by atoms with van der Waals surface area (Å²) >= 11 is 0. The predicted molar refractivity (Wildman–Crippen MR) is 108 cm³/mol. The zero-order chi connectivity index (χ0) is 18.2. The van der Waals surface area contributed by atoms with E-state index in [0.717, 1.165) is 11.4 Å². The van der Waals surface area contributed by atoms with Crippen molar-refractivity contribution in [3.05, 3.63) is 106 Å². The van der Waals surface area contributed by atoms with Gasteiger partial charge in [-0.3, -0.25) is 9.97 Å². The molecule has 1 spiro atoms. The van der Waals surface area contributed by atoms with Crippen molar-refractivity contribution in [3.63, 3.8) is 0 Å². The van der Waals surface area contributed by atoms with Crippen LogP contribution >= 0.6 is 0 Å². The highest BCUT2D eigenvalue weighted by molar-refractivity contribution is 5.93. The number of hydrogen-bond acceptors (Lipinski definition) is 2. The second kappa shape index (κ2) is 4.92. The third-order valence-corrected chi connectivity index (χ3v) is 6.06. The summed E-state index contributed by atoms with van der Waals surface area (Å²) in [5.74, 6) is 0. The molecule has 0 radical (unpaired) electrons. The van der Waals surface area contributed by atoms with E-state index in [0.29, 0.717) is 0 Å². The minimum absolute atomic E-state index is 0.324. The van der Waals surface area contributed by atoms with Gasteiger partial charge in [0, 0.05) is 12.4 Å². The summed E-state index contributed by atoms with van der Waals surface area (Å²) in [6, 6.07) is 22.2. The number of aryl methyl sites for hydroxylation is 2. The van der Waals surface area contributed by atoms with E-state index in [2.05, 4.69) is 74.5 Å². The highest BCUT2D eigenvalue weighted by atomic mass is 14.8. The van der Waals surface area contributed by atoms with Gasteiger partial charge in [0.25, 0.3) is 0 Å². The maximum Gasteiger partial charge on any atom is 0.0937 e. The maximum absolute atomic E-state index is 4.82. The molecule has 0 fully saturated rings. The third kappa shape index (κ3) is 1.66. The van der Waals surface area contributed by atoms with E-state index in [1.54, 1.807) is 0 Å². The van der Waals surface area contributed by atoms with Gasteiger partial charge in [-0.05, 0) is 58.9 Å². The van der Waals surface area contributed by atoms with E-state index in [-0.39, 0.29) is 5.41 Å². The Morgan fingerprint density at radius 3 is 2.30 bits per heavy atom. The lowest BCUT2D eigenvalue weighted by Crippen LogP contribution is -2.26. The van der Waals surface area contributed by atoms with Gasteiger partial charge in [-0.2, -0.15) is 0 Å². The standard InChI is InChI=1S/C25H18N2/c1-15-9-10-18-17-6-3-4-7-19(17)25(21(18)12-15)20-8-5-11-26-23(20)24-22(25)13-16(2)14-27-24/h3-14H,1-2H3. The quantitative estimate of drug-likeness (QED) is 0.366. The topological polar surface area (TPSA) is 25.8 Å². The smallest absolute Gasteiger partial charge is 0.0937 e. The van der Waals surface area contributed by atoms with Crippen LogP contribution in [-0.4, -0.2) is 9.97 Å². The van der Waals surface area contributed by atoms with Crippen LogP contribution in [0.1, 0.15) is 33.4 Å². The largest absolute Gasteiger partial charge is 0.254 e. The van der Waals surface area contributed by atoms with E-state index >= 15 is 0 Å². The maximum atomic E-state index is 4.82. The number of fused-ring (bicyclic) bond motifs is 10. The minimum Gasteiger partial charge on any atom is -0.254 e. The molecule has 27 heavy (non-hydrogen) atoms. The van der Waals surface area contributed by atoms with Crippen molar-refractivity contribution in [3.8, 4) is 22.5 Å². The molecule has 0 bridgehead atoms. The number of aromatic nitrogens is 2. The van der Waals surface area contributed by atoms with Crippen LogP contribution < -0.4 is 0 Å². The summed E-state index contributed by atoms with van der Waals surface area (Å²) in [7, 11) is 0. The zero-order valence-electron chi connectivity index (χ0n) is 15.3.